The third-order valence-electron chi connectivity index (χ3n) is 4.78. The minimum absolute atomic E-state index is 0.0986. The number of carboxylic acids is 1. The monoisotopic (exact) mass is 424 g/mol. The second kappa shape index (κ2) is 8.17. The Balaban J connectivity index is 1.86. The molecule has 3 aromatic heterocycles. The Morgan fingerprint density at radius 3 is 2.45 bits per heavy atom. The molecule has 4 heterocycles. The number of rotatable bonds is 4. The largest absolute Gasteiger partial charge is 0.479 e. The normalized spacial score (nSPS) is 25.7. The smallest absolute Gasteiger partial charge is 0.335 e. The Kier molecular flexibility index (Phi) is 5.40. The molecular formula is C19H16N6O6. The standard InChI is InChI=1S/C19H16N6O6/c20-8-11-7-10(3-6-22-11)17-23-16(9-1-4-21-5-2-9)24-25(17)18-14(28)12(26)13(27)15(31-18)19(29)30/h1-7,12-15,18,26-28H,(H,29,30)/t12-,13-,14+,15-,18?/m0/s1. The summed E-state index contributed by atoms with van der Waals surface area (Å²) >= 11 is 0. The third kappa shape index (κ3) is 3.74. The van der Waals surface area contributed by atoms with E-state index in [-0.39, 0.29) is 17.3 Å². The lowest BCUT2D eigenvalue weighted by atomic mass is 9.98. The summed E-state index contributed by atoms with van der Waals surface area (Å²) in [6.45, 7) is 0. The molecule has 1 aliphatic heterocycles. The number of nitriles is 1. The van der Waals surface area contributed by atoms with Gasteiger partial charge in [-0.25, -0.2) is 19.4 Å². The molecule has 0 aromatic carbocycles. The highest BCUT2D eigenvalue weighted by Crippen LogP contribution is 2.33. The molecule has 1 fully saturated rings. The van der Waals surface area contributed by atoms with E-state index in [2.05, 4.69) is 20.1 Å². The molecule has 4 N–H and O–H groups in total. The van der Waals surface area contributed by atoms with Crippen molar-refractivity contribution in [3.05, 3.63) is 48.5 Å². The molecule has 31 heavy (non-hydrogen) atoms. The van der Waals surface area contributed by atoms with Crippen LogP contribution in [0.4, 0.5) is 0 Å². The topological polar surface area (TPSA) is 188 Å². The van der Waals surface area contributed by atoms with E-state index in [1.165, 1.54) is 24.7 Å². The molecule has 0 amide bonds. The summed E-state index contributed by atoms with van der Waals surface area (Å²) in [4.78, 5) is 23.8. The van der Waals surface area contributed by atoms with Gasteiger partial charge in [-0.05, 0) is 24.3 Å². The average Bonchev–Trinajstić information content (AvgIpc) is 3.23. The van der Waals surface area contributed by atoms with Crippen molar-refractivity contribution >= 4 is 5.97 Å². The van der Waals surface area contributed by atoms with Gasteiger partial charge < -0.3 is 25.2 Å². The SMILES string of the molecule is N#Cc1cc(-c2nc(-c3ccncc3)nn2C2O[C@H](C(=O)O)[C@@H](O)[C@H](O)[C@H]2O)ccn1. The van der Waals surface area contributed by atoms with E-state index in [0.717, 1.165) is 4.68 Å². The van der Waals surface area contributed by atoms with Gasteiger partial charge in [-0.3, -0.25) is 4.98 Å². The van der Waals surface area contributed by atoms with Gasteiger partial charge in [0.25, 0.3) is 0 Å². The molecule has 4 rings (SSSR count). The zero-order valence-corrected chi connectivity index (χ0v) is 15.7. The number of aromatic nitrogens is 5. The molecule has 12 heteroatoms. The van der Waals surface area contributed by atoms with Gasteiger partial charge in [-0.15, -0.1) is 5.10 Å². The van der Waals surface area contributed by atoms with Crippen molar-refractivity contribution in [2.75, 3.05) is 0 Å². The highest BCUT2D eigenvalue weighted by molar-refractivity contribution is 5.73. The fourth-order valence-corrected chi connectivity index (χ4v) is 3.22. The molecule has 1 unspecified atom stereocenters. The van der Waals surface area contributed by atoms with Gasteiger partial charge >= 0.3 is 5.97 Å². The van der Waals surface area contributed by atoms with Crippen molar-refractivity contribution in [3.8, 4) is 28.8 Å². The molecule has 5 atom stereocenters. The molecule has 0 saturated carbocycles. The molecule has 0 radical (unpaired) electrons. The minimum Gasteiger partial charge on any atom is -0.479 e. The lowest BCUT2D eigenvalue weighted by molar-refractivity contribution is -0.248. The maximum atomic E-state index is 11.5. The summed E-state index contributed by atoms with van der Waals surface area (Å²) in [5, 5.41) is 53.5. The van der Waals surface area contributed by atoms with E-state index in [1.807, 2.05) is 6.07 Å². The Hall–Kier alpha value is -3.76. The summed E-state index contributed by atoms with van der Waals surface area (Å²) in [6.07, 6.45) is -4.22. The third-order valence-corrected chi connectivity index (χ3v) is 4.78. The number of aliphatic carboxylic acids is 1. The number of carbonyl (C=O) groups is 1. The number of carboxylic acid groups (broad SMARTS) is 1. The molecule has 158 valence electrons. The molecule has 1 aliphatic rings. The molecule has 0 bridgehead atoms. The van der Waals surface area contributed by atoms with Gasteiger partial charge in [0.1, 0.15) is 30.1 Å². The van der Waals surface area contributed by atoms with Gasteiger partial charge in [0, 0.05) is 29.7 Å². The van der Waals surface area contributed by atoms with Crippen molar-refractivity contribution in [2.24, 2.45) is 0 Å². The molecule has 0 aliphatic carbocycles. The summed E-state index contributed by atoms with van der Waals surface area (Å²) in [7, 11) is 0. The quantitative estimate of drug-likeness (QED) is 0.416. The minimum atomic E-state index is -1.85. The Labute approximate surface area is 174 Å². The average molecular weight is 424 g/mol. The maximum Gasteiger partial charge on any atom is 0.335 e. The van der Waals surface area contributed by atoms with E-state index in [0.29, 0.717) is 11.1 Å². The van der Waals surface area contributed by atoms with Crippen LogP contribution in [-0.4, -0.2) is 75.5 Å². The van der Waals surface area contributed by atoms with E-state index >= 15 is 0 Å². The zero-order valence-electron chi connectivity index (χ0n) is 15.7. The van der Waals surface area contributed by atoms with E-state index in [9.17, 15) is 25.2 Å². The Bertz CT molecular complexity index is 1150. The number of ether oxygens (including phenoxy) is 1. The molecule has 3 aromatic rings. The van der Waals surface area contributed by atoms with Crippen LogP contribution in [0, 0.1) is 11.3 Å². The number of nitrogens with zero attached hydrogens (tertiary/aromatic N) is 6. The van der Waals surface area contributed by atoms with E-state index in [4.69, 9.17) is 10.00 Å². The van der Waals surface area contributed by atoms with Gasteiger partial charge in [-0.2, -0.15) is 5.26 Å². The molecule has 1 saturated heterocycles. The first-order valence-corrected chi connectivity index (χ1v) is 9.06. The van der Waals surface area contributed by atoms with Crippen LogP contribution in [0.5, 0.6) is 0 Å². The number of hydrogen-bond donors (Lipinski definition) is 4. The van der Waals surface area contributed by atoms with Crippen molar-refractivity contribution in [3.63, 3.8) is 0 Å². The van der Waals surface area contributed by atoms with Crippen molar-refractivity contribution in [2.45, 2.75) is 30.6 Å². The predicted molar refractivity (Wildman–Crippen MR) is 101 cm³/mol. The molecular weight excluding hydrogens is 408 g/mol. The van der Waals surface area contributed by atoms with Crippen molar-refractivity contribution in [1.29, 1.82) is 5.26 Å². The number of pyridine rings is 2. The number of hydrogen-bond acceptors (Lipinski definition) is 10. The van der Waals surface area contributed by atoms with Crippen LogP contribution in [0.3, 0.4) is 0 Å². The summed E-state index contributed by atoms with van der Waals surface area (Å²) in [5.41, 5.74) is 1.06. The number of aliphatic hydroxyl groups excluding tert-OH is 3. The van der Waals surface area contributed by atoms with Gasteiger partial charge in [0.15, 0.2) is 24.0 Å². The summed E-state index contributed by atoms with van der Waals surface area (Å²) in [6, 6.07) is 8.19. The summed E-state index contributed by atoms with van der Waals surface area (Å²) < 4.78 is 6.52. The van der Waals surface area contributed by atoms with Crippen molar-refractivity contribution in [1.82, 2.24) is 24.7 Å². The molecule has 0 spiro atoms. The van der Waals surface area contributed by atoms with Crippen molar-refractivity contribution < 1.29 is 30.0 Å². The second-order valence-corrected chi connectivity index (χ2v) is 6.74. The van der Waals surface area contributed by atoms with Crippen LogP contribution in [-0.2, 0) is 9.53 Å². The Morgan fingerprint density at radius 1 is 1.06 bits per heavy atom. The van der Waals surface area contributed by atoms with Crippen LogP contribution in [0.25, 0.3) is 22.8 Å². The first-order valence-electron chi connectivity index (χ1n) is 9.06. The van der Waals surface area contributed by atoms with Crippen LogP contribution < -0.4 is 0 Å². The first kappa shape index (κ1) is 20.5. The second-order valence-electron chi connectivity index (χ2n) is 6.74. The van der Waals surface area contributed by atoms with E-state index < -0.39 is 36.6 Å². The Morgan fingerprint density at radius 2 is 1.77 bits per heavy atom. The van der Waals surface area contributed by atoms with Crippen LogP contribution in [0.1, 0.15) is 11.9 Å². The van der Waals surface area contributed by atoms with Crippen LogP contribution in [0.2, 0.25) is 0 Å². The van der Waals surface area contributed by atoms with Crippen LogP contribution >= 0.6 is 0 Å². The zero-order chi connectivity index (χ0) is 22.1. The summed E-state index contributed by atoms with van der Waals surface area (Å²) in [5.74, 6) is -1.19. The maximum absolute atomic E-state index is 11.5. The number of aliphatic hydroxyl groups is 3. The lowest BCUT2D eigenvalue weighted by Gasteiger charge is -2.38. The van der Waals surface area contributed by atoms with E-state index in [1.54, 1.807) is 18.2 Å². The highest BCUT2D eigenvalue weighted by Gasteiger charge is 2.48. The molecule has 12 nitrogen and oxygen atoms in total. The predicted octanol–water partition coefficient (Wildman–Crippen LogP) is -0.662. The first-order chi connectivity index (χ1) is 14.9. The fourth-order valence-electron chi connectivity index (χ4n) is 3.22. The van der Waals surface area contributed by atoms with Gasteiger partial charge in [0.05, 0.1) is 0 Å². The highest BCUT2D eigenvalue weighted by atomic mass is 16.6. The lowest BCUT2D eigenvalue weighted by Crippen LogP contribution is -2.58. The van der Waals surface area contributed by atoms with Crippen LogP contribution in [0.15, 0.2) is 42.9 Å². The van der Waals surface area contributed by atoms with Gasteiger partial charge in [-0.1, -0.05) is 0 Å². The van der Waals surface area contributed by atoms with Gasteiger partial charge in [0.2, 0.25) is 0 Å². The fraction of sp³-hybridized carbons (Fsp3) is 0.263.